The van der Waals surface area contributed by atoms with Crippen LogP contribution in [0.15, 0.2) is 18.2 Å². The summed E-state index contributed by atoms with van der Waals surface area (Å²) < 4.78 is 0. The minimum Gasteiger partial charge on any atom is -0.354 e. The first-order chi connectivity index (χ1) is 8.35. The molecule has 1 aliphatic rings. The van der Waals surface area contributed by atoms with Gasteiger partial charge in [0, 0.05) is 19.1 Å². The molecule has 1 aromatic heterocycles. The fourth-order valence-corrected chi connectivity index (χ4v) is 2.68. The van der Waals surface area contributed by atoms with Gasteiger partial charge in [-0.1, -0.05) is 19.4 Å². The molecule has 0 radical (unpaired) electrons. The minimum atomic E-state index is 0.528. The zero-order chi connectivity index (χ0) is 12.1. The van der Waals surface area contributed by atoms with E-state index in [2.05, 4.69) is 28.9 Å². The van der Waals surface area contributed by atoms with Crippen LogP contribution in [0, 0.1) is 0 Å². The second-order valence-corrected chi connectivity index (χ2v) is 4.82. The quantitative estimate of drug-likeness (QED) is 0.869. The number of rotatable bonds is 4. The number of piperidine rings is 1. The molecule has 1 atom stereocenters. The van der Waals surface area contributed by atoms with E-state index < -0.39 is 0 Å². The predicted octanol–water partition coefficient (Wildman–Crippen LogP) is 2.70. The Kier molecular flexibility index (Phi) is 4.37. The molecule has 0 aliphatic carbocycles. The predicted molar refractivity (Wildman–Crippen MR) is 72.0 cm³/mol. The van der Waals surface area contributed by atoms with Gasteiger partial charge in [-0.25, -0.2) is 4.98 Å². The maximum atomic E-state index is 5.66. The van der Waals surface area contributed by atoms with Gasteiger partial charge in [0.2, 0.25) is 0 Å². The molecule has 0 saturated carbocycles. The molecule has 1 aliphatic heterocycles. The average molecular weight is 233 g/mol. The van der Waals surface area contributed by atoms with E-state index in [1.807, 2.05) is 6.07 Å². The van der Waals surface area contributed by atoms with Gasteiger partial charge in [0.25, 0.3) is 0 Å². The lowest BCUT2D eigenvalue weighted by molar-refractivity contribution is 0.431. The number of hydrogen-bond acceptors (Lipinski definition) is 3. The van der Waals surface area contributed by atoms with E-state index in [-0.39, 0.29) is 0 Å². The van der Waals surface area contributed by atoms with Gasteiger partial charge in [-0.3, -0.25) is 0 Å². The summed E-state index contributed by atoms with van der Waals surface area (Å²) in [7, 11) is 0. The molecule has 1 unspecified atom stereocenters. The van der Waals surface area contributed by atoms with Gasteiger partial charge < -0.3 is 10.6 Å². The van der Waals surface area contributed by atoms with Crippen molar-refractivity contribution in [3.05, 3.63) is 23.9 Å². The standard InChI is InChI=1S/C14H23N3/c1-2-6-13-8-3-4-10-17(13)14-9-5-7-12(11-15)16-14/h5,7,9,13H,2-4,6,8,10-11,15H2,1H3. The molecule has 0 amide bonds. The van der Waals surface area contributed by atoms with Crippen molar-refractivity contribution in [1.29, 1.82) is 0 Å². The highest BCUT2D eigenvalue weighted by molar-refractivity contribution is 5.41. The van der Waals surface area contributed by atoms with Gasteiger partial charge in [-0.2, -0.15) is 0 Å². The van der Waals surface area contributed by atoms with Crippen LogP contribution in [0.4, 0.5) is 5.82 Å². The van der Waals surface area contributed by atoms with Gasteiger partial charge in [-0.05, 0) is 37.8 Å². The molecule has 0 bridgehead atoms. The first-order valence-electron chi connectivity index (χ1n) is 6.77. The molecule has 2 heterocycles. The average Bonchev–Trinajstić information content (AvgIpc) is 2.40. The summed E-state index contributed by atoms with van der Waals surface area (Å²) in [6.45, 7) is 3.93. The molecule has 0 spiro atoms. The van der Waals surface area contributed by atoms with Crippen LogP contribution in [-0.2, 0) is 6.54 Å². The smallest absolute Gasteiger partial charge is 0.129 e. The summed E-state index contributed by atoms with van der Waals surface area (Å²) in [5, 5.41) is 0. The maximum absolute atomic E-state index is 5.66. The summed E-state index contributed by atoms with van der Waals surface area (Å²) in [4.78, 5) is 7.13. The van der Waals surface area contributed by atoms with Crippen LogP contribution in [0.25, 0.3) is 0 Å². The number of hydrogen-bond donors (Lipinski definition) is 1. The largest absolute Gasteiger partial charge is 0.354 e. The summed E-state index contributed by atoms with van der Waals surface area (Å²) in [5.74, 6) is 1.12. The normalized spacial score (nSPS) is 20.6. The molecule has 2 rings (SSSR count). The van der Waals surface area contributed by atoms with Crippen LogP contribution in [0.3, 0.4) is 0 Å². The van der Waals surface area contributed by atoms with Crippen LogP contribution in [-0.4, -0.2) is 17.6 Å². The van der Waals surface area contributed by atoms with E-state index in [0.29, 0.717) is 12.6 Å². The van der Waals surface area contributed by atoms with Crippen molar-refractivity contribution < 1.29 is 0 Å². The Labute approximate surface area is 104 Å². The molecule has 1 aromatic rings. The van der Waals surface area contributed by atoms with Crippen molar-refractivity contribution in [3.8, 4) is 0 Å². The van der Waals surface area contributed by atoms with Gasteiger partial charge in [0.1, 0.15) is 5.82 Å². The van der Waals surface area contributed by atoms with Crippen molar-refractivity contribution >= 4 is 5.82 Å². The lowest BCUT2D eigenvalue weighted by Crippen LogP contribution is -2.40. The molecule has 1 saturated heterocycles. The minimum absolute atomic E-state index is 0.528. The van der Waals surface area contributed by atoms with E-state index in [1.54, 1.807) is 0 Å². The number of nitrogens with two attached hydrogens (primary N) is 1. The van der Waals surface area contributed by atoms with Crippen LogP contribution < -0.4 is 10.6 Å². The van der Waals surface area contributed by atoms with Crippen molar-refractivity contribution in [2.24, 2.45) is 5.73 Å². The highest BCUT2D eigenvalue weighted by Gasteiger charge is 2.22. The van der Waals surface area contributed by atoms with Gasteiger partial charge in [-0.15, -0.1) is 0 Å². The monoisotopic (exact) mass is 233 g/mol. The molecule has 94 valence electrons. The first-order valence-corrected chi connectivity index (χ1v) is 6.77. The fraction of sp³-hybridized carbons (Fsp3) is 0.643. The topological polar surface area (TPSA) is 42.1 Å². The zero-order valence-corrected chi connectivity index (χ0v) is 10.7. The van der Waals surface area contributed by atoms with Gasteiger partial charge in [0.05, 0.1) is 5.69 Å². The molecule has 1 fully saturated rings. The van der Waals surface area contributed by atoms with E-state index in [9.17, 15) is 0 Å². The van der Waals surface area contributed by atoms with Crippen molar-refractivity contribution in [1.82, 2.24) is 4.98 Å². The summed E-state index contributed by atoms with van der Waals surface area (Å²) >= 11 is 0. The Balaban J connectivity index is 2.16. The molecular formula is C14H23N3. The van der Waals surface area contributed by atoms with Crippen molar-refractivity contribution in [3.63, 3.8) is 0 Å². The van der Waals surface area contributed by atoms with Crippen LogP contribution in [0.1, 0.15) is 44.7 Å². The first kappa shape index (κ1) is 12.4. The second-order valence-electron chi connectivity index (χ2n) is 4.82. The Hall–Kier alpha value is -1.09. The molecule has 2 N–H and O–H groups in total. The fourth-order valence-electron chi connectivity index (χ4n) is 2.68. The molecule has 3 nitrogen and oxygen atoms in total. The Bertz CT molecular complexity index is 349. The maximum Gasteiger partial charge on any atom is 0.129 e. The lowest BCUT2D eigenvalue weighted by Gasteiger charge is -2.36. The Morgan fingerprint density at radius 3 is 3.06 bits per heavy atom. The number of anilines is 1. The zero-order valence-electron chi connectivity index (χ0n) is 10.7. The Morgan fingerprint density at radius 1 is 1.41 bits per heavy atom. The van der Waals surface area contributed by atoms with Crippen molar-refractivity contribution in [2.75, 3.05) is 11.4 Å². The SMILES string of the molecule is CCCC1CCCCN1c1cccc(CN)n1. The lowest BCUT2D eigenvalue weighted by atomic mass is 9.98. The van der Waals surface area contributed by atoms with E-state index in [0.717, 1.165) is 18.1 Å². The summed E-state index contributed by atoms with van der Waals surface area (Å²) in [5.41, 5.74) is 6.65. The highest BCUT2D eigenvalue weighted by atomic mass is 15.2. The van der Waals surface area contributed by atoms with Crippen LogP contribution >= 0.6 is 0 Å². The van der Waals surface area contributed by atoms with Crippen LogP contribution in [0.2, 0.25) is 0 Å². The van der Waals surface area contributed by atoms with E-state index in [1.165, 1.54) is 32.1 Å². The number of nitrogens with zero attached hydrogens (tertiary/aromatic N) is 2. The second kappa shape index (κ2) is 6.01. The highest BCUT2D eigenvalue weighted by Crippen LogP contribution is 2.25. The van der Waals surface area contributed by atoms with E-state index >= 15 is 0 Å². The molecular weight excluding hydrogens is 210 g/mol. The number of pyridine rings is 1. The third-order valence-electron chi connectivity index (χ3n) is 3.54. The number of aromatic nitrogens is 1. The van der Waals surface area contributed by atoms with Gasteiger partial charge in [0.15, 0.2) is 0 Å². The van der Waals surface area contributed by atoms with Crippen molar-refractivity contribution in [2.45, 2.75) is 51.6 Å². The third kappa shape index (κ3) is 2.97. The third-order valence-corrected chi connectivity index (χ3v) is 3.54. The Morgan fingerprint density at radius 2 is 2.29 bits per heavy atom. The molecule has 0 aromatic carbocycles. The van der Waals surface area contributed by atoms with Crippen LogP contribution in [0.5, 0.6) is 0 Å². The van der Waals surface area contributed by atoms with E-state index in [4.69, 9.17) is 5.73 Å². The van der Waals surface area contributed by atoms with Gasteiger partial charge >= 0.3 is 0 Å². The molecule has 3 heteroatoms. The summed E-state index contributed by atoms with van der Waals surface area (Å²) in [6, 6.07) is 6.87. The summed E-state index contributed by atoms with van der Waals surface area (Å²) in [6.07, 6.45) is 6.47. The molecule has 17 heavy (non-hydrogen) atoms.